The van der Waals surface area contributed by atoms with E-state index in [1.807, 2.05) is 19.1 Å². The normalized spacial score (nSPS) is 12.4. The number of hydrogen-bond acceptors (Lipinski definition) is 2. The van der Waals surface area contributed by atoms with Gasteiger partial charge < -0.3 is 0 Å². The molecule has 0 unspecified atom stereocenters. The van der Waals surface area contributed by atoms with E-state index in [1.165, 1.54) is 5.56 Å². The highest BCUT2D eigenvalue weighted by atomic mass is 35.5. The summed E-state index contributed by atoms with van der Waals surface area (Å²) in [6.07, 6.45) is 1.09. The molecule has 0 aliphatic rings. The lowest BCUT2D eigenvalue weighted by atomic mass is 9.96. The van der Waals surface area contributed by atoms with Crippen LogP contribution in [-0.4, -0.2) is 10.2 Å². The topological polar surface area (TPSA) is 30.0 Å². The van der Waals surface area contributed by atoms with Crippen molar-refractivity contribution >= 4 is 39.3 Å². The number of halogens is 2. The number of aryl methyl sites for hydroxylation is 1. The van der Waals surface area contributed by atoms with Gasteiger partial charge in [-0.3, -0.25) is 4.79 Å². The van der Waals surface area contributed by atoms with Crippen LogP contribution in [0.3, 0.4) is 0 Å². The molecule has 2 aromatic carbocycles. The first kappa shape index (κ1) is 17.9. The molecule has 0 bridgehead atoms. The second-order valence-electron chi connectivity index (χ2n) is 6.33. The van der Waals surface area contributed by atoms with Gasteiger partial charge in [-0.1, -0.05) is 55.8 Å². The van der Waals surface area contributed by atoms with E-state index in [1.54, 1.807) is 18.2 Å². The second-order valence-corrected chi connectivity index (χ2v) is 7.08. The van der Waals surface area contributed by atoms with Gasteiger partial charge in [-0.25, -0.2) is 4.98 Å². The predicted octanol–water partition coefficient (Wildman–Crippen LogP) is 6.76. The van der Waals surface area contributed by atoms with Gasteiger partial charge in [0.25, 0.3) is 5.24 Å². The number of rotatable bonds is 4. The molecule has 0 saturated carbocycles. The summed E-state index contributed by atoms with van der Waals surface area (Å²) in [6.45, 7) is 6.28. The molecule has 128 valence electrons. The zero-order valence-electron chi connectivity index (χ0n) is 14.4. The largest absolute Gasteiger partial charge is 0.276 e. The molecule has 0 saturated heterocycles. The third-order valence-corrected chi connectivity index (χ3v) is 5.38. The Morgan fingerprint density at radius 2 is 1.84 bits per heavy atom. The fraction of sp³-hybridized carbons (Fsp3) is 0.238. The van der Waals surface area contributed by atoms with Crippen LogP contribution in [0.2, 0.25) is 5.02 Å². The zero-order chi connectivity index (χ0) is 18.1. The van der Waals surface area contributed by atoms with Crippen LogP contribution in [-0.2, 0) is 0 Å². The smallest absolute Gasteiger partial charge is 0.253 e. The van der Waals surface area contributed by atoms with Gasteiger partial charge >= 0.3 is 0 Å². The zero-order valence-corrected chi connectivity index (χ0v) is 15.9. The lowest BCUT2D eigenvalue weighted by Crippen LogP contribution is -1.98. The van der Waals surface area contributed by atoms with Gasteiger partial charge in [0.1, 0.15) is 0 Å². The molecule has 1 heterocycles. The van der Waals surface area contributed by atoms with Crippen molar-refractivity contribution in [2.75, 3.05) is 0 Å². The summed E-state index contributed by atoms with van der Waals surface area (Å²) in [5.74, 6) is 0.514. The highest BCUT2D eigenvalue weighted by Crippen LogP contribution is 2.31. The summed E-state index contributed by atoms with van der Waals surface area (Å²) in [5, 5.41) is 0.853. The van der Waals surface area contributed by atoms with Crippen LogP contribution < -0.4 is 0 Å². The number of carbonyl (C=O) groups is 1. The number of nitrogens with zero attached hydrogens (tertiary/aromatic N) is 1. The maximum atomic E-state index is 11.9. The van der Waals surface area contributed by atoms with Crippen molar-refractivity contribution in [3.8, 4) is 11.3 Å². The van der Waals surface area contributed by atoms with E-state index in [2.05, 4.69) is 26.0 Å². The third kappa shape index (κ3) is 3.42. The minimum Gasteiger partial charge on any atom is -0.276 e. The van der Waals surface area contributed by atoms with Crippen molar-refractivity contribution in [2.24, 2.45) is 0 Å². The van der Waals surface area contributed by atoms with E-state index >= 15 is 0 Å². The molecule has 1 aromatic heterocycles. The first-order chi connectivity index (χ1) is 11.9. The van der Waals surface area contributed by atoms with Crippen LogP contribution in [0.15, 0.2) is 42.5 Å². The minimum atomic E-state index is -0.494. The molecule has 0 aliphatic carbocycles. The minimum absolute atomic E-state index is 0.451. The van der Waals surface area contributed by atoms with Crippen molar-refractivity contribution in [3.63, 3.8) is 0 Å². The monoisotopic (exact) mass is 371 g/mol. The molecule has 0 spiro atoms. The lowest BCUT2D eigenvalue weighted by molar-refractivity contribution is 0.108. The van der Waals surface area contributed by atoms with Gasteiger partial charge in [-0.15, -0.1) is 0 Å². The van der Waals surface area contributed by atoms with Gasteiger partial charge in [0.05, 0.1) is 11.2 Å². The van der Waals surface area contributed by atoms with Crippen LogP contribution >= 0.6 is 23.2 Å². The summed E-state index contributed by atoms with van der Waals surface area (Å²) in [5.41, 5.74) is 4.97. The molecule has 0 aliphatic heterocycles. The Labute approximate surface area is 157 Å². The number of aromatic nitrogens is 1. The average molecular weight is 372 g/mol. The Morgan fingerprint density at radius 3 is 2.44 bits per heavy atom. The molecule has 2 nitrogen and oxygen atoms in total. The van der Waals surface area contributed by atoms with Gasteiger partial charge in [0.15, 0.2) is 0 Å². The standard InChI is InChI=1S/C21H19Cl2NO/c1-4-12(2)14-5-7-15(8-6-14)19-11-17(21(23)25)16-9-10-18(22)13(3)20(16)24-19/h5-12H,4H2,1-3H3/t12-/m1/s1. The van der Waals surface area contributed by atoms with Crippen molar-refractivity contribution in [1.82, 2.24) is 4.98 Å². The first-order valence-electron chi connectivity index (χ1n) is 8.32. The van der Waals surface area contributed by atoms with Crippen molar-refractivity contribution < 1.29 is 4.79 Å². The van der Waals surface area contributed by atoms with Crippen molar-refractivity contribution in [1.29, 1.82) is 0 Å². The van der Waals surface area contributed by atoms with Crippen LogP contribution in [0.25, 0.3) is 22.2 Å². The van der Waals surface area contributed by atoms with E-state index < -0.39 is 5.24 Å². The molecule has 4 heteroatoms. The Kier molecular flexibility index (Phi) is 5.12. The molecule has 1 atom stereocenters. The molecule has 25 heavy (non-hydrogen) atoms. The number of hydrogen-bond donors (Lipinski definition) is 0. The highest BCUT2D eigenvalue weighted by Gasteiger charge is 2.15. The maximum Gasteiger partial charge on any atom is 0.253 e. The van der Waals surface area contributed by atoms with E-state index in [9.17, 15) is 4.79 Å². The highest BCUT2D eigenvalue weighted by molar-refractivity contribution is 6.68. The van der Waals surface area contributed by atoms with Crippen molar-refractivity contribution in [3.05, 3.63) is 64.2 Å². The van der Waals surface area contributed by atoms with Crippen LogP contribution in [0.5, 0.6) is 0 Å². The molecule has 3 rings (SSSR count). The molecule has 3 aromatic rings. The van der Waals surface area contributed by atoms with Gasteiger partial charge in [-0.05, 0) is 54.1 Å². The van der Waals surface area contributed by atoms with Crippen molar-refractivity contribution in [2.45, 2.75) is 33.1 Å². The average Bonchev–Trinajstić information content (AvgIpc) is 2.63. The molecule has 0 radical (unpaired) electrons. The van der Waals surface area contributed by atoms with Gasteiger partial charge in [-0.2, -0.15) is 0 Å². The molecular weight excluding hydrogens is 353 g/mol. The number of fused-ring (bicyclic) bond motifs is 1. The summed E-state index contributed by atoms with van der Waals surface area (Å²) in [6, 6.07) is 13.6. The summed E-state index contributed by atoms with van der Waals surface area (Å²) in [7, 11) is 0. The fourth-order valence-corrected chi connectivity index (χ4v) is 3.24. The molecular formula is C21H19Cl2NO. The lowest BCUT2D eigenvalue weighted by Gasteiger charge is -2.12. The number of pyridine rings is 1. The number of carbonyl (C=O) groups excluding carboxylic acids is 1. The summed E-state index contributed by atoms with van der Waals surface area (Å²) < 4.78 is 0. The summed E-state index contributed by atoms with van der Waals surface area (Å²) >= 11 is 12.1. The Hall–Kier alpha value is -1.90. The van der Waals surface area contributed by atoms with Gasteiger partial charge in [0.2, 0.25) is 0 Å². The van der Waals surface area contributed by atoms with E-state index in [-0.39, 0.29) is 0 Å². The Bertz CT molecular complexity index is 948. The predicted molar refractivity (Wildman–Crippen MR) is 106 cm³/mol. The van der Waals surface area contributed by atoms with E-state index in [4.69, 9.17) is 28.2 Å². The second kappa shape index (κ2) is 7.15. The third-order valence-electron chi connectivity index (χ3n) is 4.77. The molecule has 0 fully saturated rings. The van der Waals surface area contributed by atoms with E-state index in [0.717, 1.165) is 28.6 Å². The SMILES string of the molecule is CC[C@@H](C)c1ccc(-c2cc(C(=O)Cl)c3ccc(Cl)c(C)c3n2)cc1. The van der Waals surface area contributed by atoms with Gasteiger partial charge in [0, 0.05) is 21.5 Å². The van der Waals surface area contributed by atoms with Crippen LogP contribution in [0.4, 0.5) is 0 Å². The molecule has 0 N–H and O–H groups in total. The maximum absolute atomic E-state index is 11.9. The quantitative estimate of drug-likeness (QED) is 0.474. The fourth-order valence-electron chi connectivity index (χ4n) is 2.93. The Morgan fingerprint density at radius 1 is 1.16 bits per heavy atom. The Balaban J connectivity index is 2.19. The van der Waals surface area contributed by atoms with Crippen LogP contribution in [0, 0.1) is 6.92 Å². The van der Waals surface area contributed by atoms with E-state index in [0.29, 0.717) is 22.0 Å². The first-order valence-corrected chi connectivity index (χ1v) is 9.08. The summed E-state index contributed by atoms with van der Waals surface area (Å²) in [4.78, 5) is 16.7. The van der Waals surface area contributed by atoms with Crippen LogP contribution in [0.1, 0.15) is 47.7 Å². The number of benzene rings is 2. The molecule has 0 amide bonds.